The molecule has 0 spiro atoms. The second-order valence-electron chi connectivity index (χ2n) is 2.24. The number of aromatic hydroxyl groups is 1. The van der Waals surface area contributed by atoms with Gasteiger partial charge in [-0.25, -0.2) is 4.79 Å². The van der Waals surface area contributed by atoms with Crippen LogP contribution in [-0.4, -0.2) is 16.2 Å². The zero-order valence-corrected chi connectivity index (χ0v) is 7.41. The first-order valence-electron chi connectivity index (χ1n) is 3.12. The molecule has 0 saturated heterocycles. The highest BCUT2D eigenvalue weighted by molar-refractivity contribution is 7.39. The molecule has 0 amide bonds. The van der Waals surface area contributed by atoms with Gasteiger partial charge in [0.1, 0.15) is 4.88 Å². The Kier molecular flexibility index (Phi) is 1.55. The number of hydrogen-bond acceptors (Lipinski definition) is 4. The molecule has 62 valence electrons. The number of carbonyl (C=O) groups is 1. The number of rotatable bonds is 1. The van der Waals surface area contributed by atoms with Gasteiger partial charge in [0.2, 0.25) is 0 Å². The van der Waals surface area contributed by atoms with Gasteiger partial charge >= 0.3 is 5.97 Å². The minimum absolute atomic E-state index is 0.230. The first kappa shape index (κ1) is 7.57. The highest BCUT2D eigenvalue weighted by atomic mass is 32.2. The van der Waals surface area contributed by atoms with E-state index in [1.54, 1.807) is 12.1 Å². The standard InChI is InChI=1S/C7H4O3S2/c8-5-2-3-1-4(6(9)10)11-7(3)12-5/h1-2,8H,(H,9,10). The van der Waals surface area contributed by atoms with Crippen molar-refractivity contribution >= 4 is 38.0 Å². The quantitative estimate of drug-likeness (QED) is 0.743. The summed E-state index contributed by atoms with van der Waals surface area (Å²) >= 11 is 2.39. The Morgan fingerprint density at radius 2 is 2.08 bits per heavy atom. The topological polar surface area (TPSA) is 57.5 Å². The molecule has 0 radical (unpaired) electrons. The summed E-state index contributed by atoms with van der Waals surface area (Å²) in [5, 5.41) is 18.7. The van der Waals surface area contributed by atoms with Crippen molar-refractivity contribution in [3.8, 4) is 5.06 Å². The van der Waals surface area contributed by atoms with Gasteiger partial charge in [-0.05, 0) is 6.07 Å². The molecular formula is C7H4O3S2. The van der Waals surface area contributed by atoms with Crippen LogP contribution in [0.2, 0.25) is 0 Å². The van der Waals surface area contributed by atoms with Crippen LogP contribution in [0.1, 0.15) is 9.67 Å². The maximum atomic E-state index is 10.5. The average molecular weight is 200 g/mol. The second kappa shape index (κ2) is 2.46. The second-order valence-corrected chi connectivity index (χ2v) is 4.58. The normalized spacial score (nSPS) is 10.7. The average Bonchev–Trinajstić information content (AvgIpc) is 2.42. The third kappa shape index (κ3) is 1.07. The van der Waals surface area contributed by atoms with E-state index in [1.807, 2.05) is 0 Å². The van der Waals surface area contributed by atoms with Crippen molar-refractivity contribution in [2.45, 2.75) is 0 Å². The molecule has 0 aliphatic heterocycles. The van der Waals surface area contributed by atoms with Crippen molar-refractivity contribution in [3.05, 3.63) is 17.0 Å². The number of hydrogen-bond donors (Lipinski definition) is 2. The lowest BCUT2D eigenvalue weighted by molar-refractivity contribution is 0.0702. The molecule has 2 heterocycles. The molecular weight excluding hydrogens is 196 g/mol. The maximum Gasteiger partial charge on any atom is 0.345 e. The first-order valence-corrected chi connectivity index (χ1v) is 4.76. The highest BCUT2D eigenvalue weighted by Crippen LogP contribution is 2.36. The van der Waals surface area contributed by atoms with Crippen molar-refractivity contribution in [1.82, 2.24) is 0 Å². The molecule has 0 fully saturated rings. The van der Waals surface area contributed by atoms with Gasteiger partial charge < -0.3 is 10.2 Å². The van der Waals surface area contributed by atoms with Crippen LogP contribution >= 0.6 is 22.7 Å². The molecule has 0 aliphatic carbocycles. The van der Waals surface area contributed by atoms with Crippen molar-refractivity contribution in [3.63, 3.8) is 0 Å². The molecule has 2 aromatic heterocycles. The summed E-state index contributed by atoms with van der Waals surface area (Å²) in [4.78, 5) is 10.8. The summed E-state index contributed by atoms with van der Waals surface area (Å²) in [6.07, 6.45) is 0. The Morgan fingerprint density at radius 3 is 2.67 bits per heavy atom. The monoisotopic (exact) mass is 200 g/mol. The summed E-state index contributed by atoms with van der Waals surface area (Å²) in [5.74, 6) is -0.914. The smallest absolute Gasteiger partial charge is 0.345 e. The van der Waals surface area contributed by atoms with Gasteiger partial charge in [-0.15, -0.1) is 11.3 Å². The Labute approximate surface area is 75.5 Å². The third-order valence-electron chi connectivity index (χ3n) is 1.41. The Balaban J connectivity index is 2.64. The molecule has 0 aliphatic rings. The van der Waals surface area contributed by atoms with Crippen molar-refractivity contribution in [1.29, 1.82) is 0 Å². The van der Waals surface area contributed by atoms with E-state index in [1.165, 1.54) is 22.7 Å². The van der Waals surface area contributed by atoms with Gasteiger partial charge in [0.05, 0.1) is 4.01 Å². The van der Waals surface area contributed by atoms with Gasteiger partial charge in [-0.1, -0.05) is 11.3 Å². The molecule has 0 atom stereocenters. The fourth-order valence-electron chi connectivity index (χ4n) is 0.932. The van der Waals surface area contributed by atoms with E-state index in [2.05, 4.69) is 0 Å². The lowest BCUT2D eigenvalue weighted by Gasteiger charge is -1.81. The van der Waals surface area contributed by atoms with Crippen LogP contribution in [0, 0.1) is 0 Å². The van der Waals surface area contributed by atoms with Crippen molar-refractivity contribution in [2.24, 2.45) is 0 Å². The van der Waals surface area contributed by atoms with E-state index in [-0.39, 0.29) is 5.06 Å². The SMILES string of the molecule is O=C(O)c1cc2cc(O)sc2s1. The molecule has 0 aromatic carbocycles. The number of carboxylic acid groups (broad SMARTS) is 1. The zero-order valence-electron chi connectivity index (χ0n) is 5.77. The van der Waals surface area contributed by atoms with Gasteiger partial charge in [-0.3, -0.25) is 0 Å². The first-order chi connectivity index (χ1) is 5.66. The molecule has 2 N–H and O–H groups in total. The fraction of sp³-hybridized carbons (Fsp3) is 0. The molecule has 12 heavy (non-hydrogen) atoms. The molecule has 3 nitrogen and oxygen atoms in total. The number of fused-ring (bicyclic) bond motifs is 1. The van der Waals surface area contributed by atoms with E-state index in [0.29, 0.717) is 4.88 Å². The third-order valence-corrected chi connectivity index (χ3v) is 3.59. The minimum Gasteiger partial charge on any atom is -0.499 e. The van der Waals surface area contributed by atoms with E-state index >= 15 is 0 Å². The Hall–Kier alpha value is -1.07. The van der Waals surface area contributed by atoms with Crippen LogP contribution < -0.4 is 0 Å². The van der Waals surface area contributed by atoms with Gasteiger partial charge in [0.15, 0.2) is 5.06 Å². The van der Waals surface area contributed by atoms with E-state index in [9.17, 15) is 4.79 Å². The number of thiophene rings is 2. The van der Waals surface area contributed by atoms with Gasteiger partial charge in [0, 0.05) is 11.5 Å². The van der Waals surface area contributed by atoms with Gasteiger partial charge in [-0.2, -0.15) is 0 Å². The van der Waals surface area contributed by atoms with Crippen molar-refractivity contribution in [2.75, 3.05) is 0 Å². The largest absolute Gasteiger partial charge is 0.499 e. The number of carboxylic acids is 1. The van der Waals surface area contributed by atoms with E-state index < -0.39 is 5.97 Å². The lowest BCUT2D eigenvalue weighted by atomic mass is 10.4. The molecule has 5 heteroatoms. The Morgan fingerprint density at radius 1 is 1.33 bits per heavy atom. The number of aromatic carboxylic acids is 1. The van der Waals surface area contributed by atoms with Crippen LogP contribution in [0.15, 0.2) is 12.1 Å². The fourth-order valence-corrected chi connectivity index (χ4v) is 2.94. The minimum atomic E-state index is -0.914. The zero-order chi connectivity index (χ0) is 8.72. The van der Waals surface area contributed by atoms with Crippen molar-refractivity contribution < 1.29 is 15.0 Å². The molecule has 0 saturated carbocycles. The van der Waals surface area contributed by atoms with Crippen LogP contribution in [0.3, 0.4) is 0 Å². The van der Waals surface area contributed by atoms with Crippen LogP contribution in [0.25, 0.3) is 9.40 Å². The van der Waals surface area contributed by atoms with Gasteiger partial charge in [0.25, 0.3) is 0 Å². The highest BCUT2D eigenvalue weighted by Gasteiger charge is 2.10. The summed E-state index contributed by atoms with van der Waals surface area (Å²) in [6.45, 7) is 0. The molecule has 0 unspecified atom stereocenters. The predicted molar refractivity (Wildman–Crippen MR) is 48.3 cm³/mol. The van der Waals surface area contributed by atoms with Crippen LogP contribution in [0.4, 0.5) is 0 Å². The predicted octanol–water partition coefficient (Wildman–Crippen LogP) is 2.37. The summed E-state index contributed by atoms with van der Waals surface area (Å²) in [6, 6.07) is 3.14. The Bertz CT molecular complexity index is 409. The summed E-state index contributed by atoms with van der Waals surface area (Å²) < 4.78 is 0.852. The lowest BCUT2D eigenvalue weighted by Crippen LogP contribution is -1.89. The molecule has 2 aromatic rings. The molecule has 0 bridgehead atoms. The van der Waals surface area contributed by atoms with Crippen LogP contribution in [-0.2, 0) is 0 Å². The van der Waals surface area contributed by atoms with E-state index in [0.717, 1.165) is 9.40 Å². The molecule has 2 rings (SSSR count). The summed E-state index contributed by atoms with van der Waals surface area (Å²) in [5.41, 5.74) is 0. The van der Waals surface area contributed by atoms with E-state index in [4.69, 9.17) is 10.2 Å². The summed E-state index contributed by atoms with van der Waals surface area (Å²) in [7, 11) is 0. The maximum absolute atomic E-state index is 10.5. The van der Waals surface area contributed by atoms with Crippen LogP contribution in [0.5, 0.6) is 5.06 Å².